The van der Waals surface area contributed by atoms with Gasteiger partial charge in [-0.15, -0.1) is 0 Å². The molecule has 0 radical (unpaired) electrons. The van der Waals surface area contributed by atoms with Crippen molar-refractivity contribution < 1.29 is 14.7 Å². The number of unbranched alkanes of at least 4 members (excludes halogenated alkanes) is 1. The Labute approximate surface area is 104 Å². The van der Waals surface area contributed by atoms with Crippen molar-refractivity contribution in [2.24, 2.45) is 5.92 Å². The summed E-state index contributed by atoms with van der Waals surface area (Å²) in [5.41, 5.74) is 0. The smallest absolute Gasteiger partial charge is 0.303 e. The molecule has 2 unspecified atom stereocenters. The lowest BCUT2D eigenvalue weighted by Gasteiger charge is -2.17. The molecule has 100 valence electrons. The fourth-order valence-corrected chi connectivity index (χ4v) is 1.74. The van der Waals surface area contributed by atoms with E-state index in [0.29, 0.717) is 25.2 Å². The van der Waals surface area contributed by atoms with E-state index in [9.17, 15) is 9.59 Å². The van der Waals surface area contributed by atoms with Crippen molar-refractivity contribution in [2.75, 3.05) is 0 Å². The zero-order chi connectivity index (χ0) is 13.3. The van der Waals surface area contributed by atoms with Crippen molar-refractivity contribution in [3.8, 4) is 0 Å². The van der Waals surface area contributed by atoms with E-state index in [-0.39, 0.29) is 18.4 Å². The van der Waals surface area contributed by atoms with Crippen molar-refractivity contribution in [1.29, 1.82) is 0 Å². The third kappa shape index (κ3) is 9.85. The highest BCUT2D eigenvalue weighted by Crippen LogP contribution is 2.09. The number of carbonyl (C=O) groups is 2. The van der Waals surface area contributed by atoms with Gasteiger partial charge in [0.05, 0.1) is 0 Å². The molecule has 0 saturated heterocycles. The zero-order valence-corrected chi connectivity index (χ0v) is 11.2. The average molecular weight is 243 g/mol. The molecule has 0 aromatic carbocycles. The Bertz CT molecular complexity index is 241. The van der Waals surface area contributed by atoms with Gasteiger partial charge in [0.1, 0.15) is 0 Å². The van der Waals surface area contributed by atoms with Gasteiger partial charge in [0, 0.05) is 18.9 Å². The van der Waals surface area contributed by atoms with Crippen molar-refractivity contribution >= 4 is 11.9 Å². The molecule has 4 heteroatoms. The van der Waals surface area contributed by atoms with E-state index in [0.717, 1.165) is 12.8 Å². The SMILES string of the molecule is CCC(C)CC(C)NC(=O)CCCCC(=O)O. The largest absolute Gasteiger partial charge is 0.481 e. The highest BCUT2D eigenvalue weighted by molar-refractivity contribution is 5.76. The summed E-state index contributed by atoms with van der Waals surface area (Å²) in [5.74, 6) is -0.140. The van der Waals surface area contributed by atoms with Crippen molar-refractivity contribution in [1.82, 2.24) is 5.32 Å². The Hall–Kier alpha value is -1.06. The number of rotatable bonds is 9. The van der Waals surface area contributed by atoms with Gasteiger partial charge in [0.15, 0.2) is 0 Å². The van der Waals surface area contributed by atoms with Crippen LogP contribution in [-0.4, -0.2) is 23.0 Å². The van der Waals surface area contributed by atoms with Gasteiger partial charge < -0.3 is 10.4 Å². The number of carboxylic acids is 1. The van der Waals surface area contributed by atoms with E-state index in [2.05, 4.69) is 19.2 Å². The van der Waals surface area contributed by atoms with Crippen LogP contribution >= 0.6 is 0 Å². The molecule has 0 spiro atoms. The first-order valence-corrected chi connectivity index (χ1v) is 6.46. The third-order valence-corrected chi connectivity index (χ3v) is 2.90. The maximum atomic E-state index is 11.5. The average Bonchev–Trinajstić information content (AvgIpc) is 2.23. The number of amides is 1. The number of hydrogen-bond donors (Lipinski definition) is 2. The first kappa shape index (κ1) is 15.9. The van der Waals surface area contributed by atoms with E-state index >= 15 is 0 Å². The summed E-state index contributed by atoms with van der Waals surface area (Å²) in [6.45, 7) is 6.34. The first-order chi connectivity index (χ1) is 7.95. The van der Waals surface area contributed by atoms with Gasteiger partial charge in [-0.05, 0) is 32.1 Å². The fourth-order valence-electron chi connectivity index (χ4n) is 1.74. The second-order valence-corrected chi connectivity index (χ2v) is 4.82. The predicted octanol–water partition coefficient (Wildman–Crippen LogP) is 2.57. The molecule has 0 aliphatic heterocycles. The molecule has 0 saturated carbocycles. The predicted molar refractivity (Wildman–Crippen MR) is 67.8 cm³/mol. The van der Waals surface area contributed by atoms with Crippen molar-refractivity contribution in [3.63, 3.8) is 0 Å². The summed E-state index contributed by atoms with van der Waals surface area (Å²) in [6, 6.07) is 0.205. The monoisotopic (exact) mass is 243 g/mol. The summed E-state index contributed by atoms with van der Waals surface area (Å²) in [6.07, 6.45) is 3.92. The summed E-state index contributed by atoms with van der Waals surface area (Å²) in [7, 11) is 0. The maximum absolute atomic E-state index is 11.5. The number of aliphatic carboxylic acids is 1. The third-order valence-electron chi connectivity index (χ3n) is 2.90. The summed E-state index contributed by atoms with van der Waals surface area (Å²) in [4.78, 5) is 21.8. The number of carbonyl (C=O) groups excluding carboxylic acids is 1. The second kappa shape index (κ2) is 9.02. The minimum Gasteiger partial charge on any atom is -0.481 e. The van der Waals surface area contributed by atoms with Gasteiger partial charge in [-0.25, -0.2) is 0 Å². The van der Waals surface area contributed by atoms with Gasteiger partial charge in [-0.1, -0.05) is 20.3 Å². The van der Waals surface area contributed by atoms with Crippen molar-refractivity contribution in [3.05, 3.63) is 0 Å². The Balaban J connectivity index is 3.60. The van der Waals surface area contributed by atoms with Crippen LogP contribution in [0.3, 0.4) is 0 Å². The molecule has 0 rings (SSSR count). The molecule has 0 fully saturated rings. The Morgan fingerprint density at radius 3 is 2.29 bits per heavy atom. The normalized spacial score (nSPS) is 14.1. The molecular weight excluding hydrogens is 218 g/mol. The molecule has 2 N–H and O–H groups in total. The van der Waals surface area contributed by atoms with Crippen LogP contribution in [0, 0.1) is 5.92 Å². The van der Waals surface area contributed by atoms with Gasteiger partial charge in [-0.3, -0.25) is 9.59 Å². The number of hydrogen-bond acceptors (Lipinski definition) is 2. The number of nitrogens with one attached hydrogen (secondary N) is 1. The van der Waals surface area contributed by atoms with E-state index in [1.807, 2.05) is 6.92 Å². The van der Waals surface area contributed by atoms with Crippen LogP contribution < -0.4 is 5.32 Å². The lowest BCUT2D eigenvalue weighted by Crippen LogP contribution is -2.33. The van der Waals surface area contributed by atoms with Crippen LogP contribution in [-0.2, 0) is 9.59 Å². The molecule has 1 amide bonds. The first-order valence-electron chi connectivity index (χ1n) is 6.46. The van der Waals surface area contributed by atoms with E-state index in [1.54, 1.807) is 0 Å². The molecule has 2 atom stereocenters. The van der Waals surface area contributed by atoms with Crippen LogP contribution in [0.5, 0.6) is 0 Å². The molecule has 0 aliphatic carbocycles. The standard InChI is InChI=1S/C13H25NO3/c1-4-10(2)9-11(3)14-12(15)7-5-6-8-13(16)17/h10-11H,4-9H2,1-3H3,(H,14,15)(H,16,17). The lowest BCUT2D eigenvalue weighted by atomic mass is 10.0. The van der Waals surface area contributed by atoms with E-state index in [4.69, 9.17) is 5.11 Å². The Morgan fingerprint density at radius 1 is 1.18 bits per heavy atom. The van der Waals surface area contributed by atoms with Crippen LogP contribution in [0.25, 0.3) is 0 Å². The number of carboxylic acid groups (broad SMARTS) is 1. The van der Waals surface area contributed by atoms with Crippen LogP contribution in [0.15, 0.2) is 0 Å². The molecule has 0 aromatic heterocycles. The molecular formula is C13H25NO3. The minimum absolute atomic E-state index is 0.0335. The highest BCUT2D eigenvalue weighted by atomic mass is 16.4. The highest BCUT2D eigenvalue weighted by Gasteiger charge is 2.10. The quantitative estimate of drug-likeness (QED) is 0.612. The van der Waals surface area contributed by atoms with Crippen LogP contribution in [0.4, 0.5) is 0 Å². The molecule has 17 heavy (non-hydrogen) atoms. The van der Waals surface area contributed by atoms with Gasteiger partial charge in [-0.2, -0.15) is 0 Å². The molecule has 0 bridgehead atoms. The molecule has 0 heterocycles. The van der Waals surface area contributed by atoms with E-state index in [1.165, 1.54) is 0 Å². The maximum Gasteiger partial charge on any atom is 0.303 e. The Kier molecular flexibility index (Phi) is 8.46. The lowest BCUT2D eigenvalue weighted by molar-refractivity contribution is -0.137. The van der Waals surface area contributed by atoms with Crippen LogP contribution in [0.1, 0.15) is 59.3 Å². The summed E-state index contributed by atoms with van der Waals surface area (Å²) < 4.78 is 0. The molecule has 0 aromatic rings. The van der Waals surface area contributed by atoms with Gasteiger partial charge in [0.2, 0.25) is 5.91 Å². The Morgan fingerprint density at radius 2 is 1.76 bits per heavy atom. The second-order valence-electron chi connectivity index (χ2n) is 4.82. The zero-order valence-electron chi connectivity index (χ0n) is 11.2. The van der Waals surface area contributed by atoms with Crippen LogP contribution in [0.2, 0.25) is 0 Å². The summed E-state index contributed by atoms with van der Waals surface area (Å²) in [5, 5.41) is 11.4. The molecule has 4 nitrogen and oxygen atoms in total. The van der Waals surface area contributed by atoms with Crippen molar-refractivity contribution in [2.45, 2.75) is 65.3 Å². The minimum atomic E-state index is -0.796. The van der Waals surface area contributed by atoms with Gasteiger partial charge in [0.25, 0.3) is 0 Å². The summed E-state index contributed by atoms with van der Waals surface area (Å²) >= 11 is 0. The topological polar surface area (TPSA) is 66.4 Å². The van der Waals surface area contributed by atoms with Gasteiger partial charge >= 0.3 is 5.97 Å². The van der Waals surface area contributed by atoms with E-state index < -0.39 is 5.97 Å². The molecule has 0 aliphatic rings. The fraction of sp³-hybridized carbons (Fsp3) is 0.846.